The van der Waals surface area contributed by atoms with Crippen molar-refractivity contribution in [1.82, 2.24) is 4.90 Å². The number of nitrogens with zero attached hydrogens (tertiary/aromatic N) is 1. The van der Waals surface area contributed by atoms with Gasteiger partial charge in [-0.25, -0.2) is 4.79 Å². The lowest BCUT2D eigenvalue weighted by atomic mass is 9.93. The monoisotopic (exact) mass is 478 g/mol. The van der Waals surface area contributed by atoms with Crippen molar-refractivity contribution in [2.24, 2.45) is 0 Å². The lowest BCUT2D eigenvalue weighted by Crippen LogP contribution is -2.35. The number of hydrogen-bond donors (Lipinski definition) is 1. The minimum Gasteiger partial charge on any atom is -0.495 e. The Bertz CT molecular complexity index is 1250. The fraction of sp³-hybridized carbons (Fsp3) is 0.192. The van der Waals surface area contributed by atoms with Crippen molar-refractivity contribution in [3.05, 3.63) is 94.0 Å². The van der Waals surface area contributed by atoms with Crippen LogP contribution in [0.4, 0.5) is 5.69 Å². The van der Waals surface area contributed by atoms with Crippen molar-refractivity contribution in [3.8, 4) is 5.75 Å². The highest BCUT2D eigenvalue weighted by Gasteiger charge is 2.28. The first-order chi connectivity index (χ1) is 16.4. The molecule has 0 fully saturated rings. The molecule has 3 aromatic carbocycles. The van der Waals surface area contributed by atoms with Gasteiger partial charge in [0.2, 0.25) is 5.91 Å². The van der Waals surface area contributed by atoms with Crippen LogP contribution < -0.4 is 10.1 Å². The number of ether oxygens (including phenoxy) is 2. The molecule has 2 amide bonds. The molecule has 0 aromatic heterocycles. The minimum atomic E-state index is -0.419. The van der Waals surface area contributed by atoms with Crippen LogP contribution in [0.15, 0.2) is 66.7 Å². The van der Waals surface area contributed by atoms with Crippen LogP contribution in [0.25, 0.3) is 0 Å². The molecule has 0 radical (unpaired) electrons. The van der Waals surface area contributed by atoms with Gasteiger partial charge in [-0.2, -0.15) is 0 Å². The molecule has 0 spiro atoms. The van der Waals surface area contributed by atoms with E-state index in [0.717, 1.165) is 11.1 Å². The van der Waals surface area contributed by atoms with Gasteiger partial charge in [-0.1, -0.05) is 41.9 Å². The fourth-order valence-corrected chi connectivity index (χ4v) is 4.03. The topological polar surface area (TPSA) is 84.9 Å². The molecule has 8 heteroatoms. The van der Waals surface area contributed by atoms with E-state index in [1.54, 1.807) is 36.4 Å². The van der Waals surface area contributed by atoms with E-state index < -0.39 is 18.0 Å². The van der Waals surface area contributed by atoms with E-state index in [4.69, 9.17) is 21.1 Å². The van der Waals surface area contributed by atoms with Crippen LogP contribution in [0, 0.1) is 0 Å². The third kappa shape index (κ3) is 5.05. The third-order valence-electron chi connectivity index (χ3n) is 5.56. The first-order valence-corrected chi connectivity index (χ1v) is 11.0. The lowest BCUT2D eigenvalue weighted by molar-refractivity contribution is -0.116. The quantitative estimate of drug-likeness (QED) is 0.527. The standard InChI is InChI=1S/C26H23ClN2O5/c1-29(15-24(30)28-21-14-19(27)9-11-22(21)33-2)25(31)17-8-10-20-18(12-17)13-23(34-26(20)32)16-6-4-3-5-7-16/h3-12,14,23H,13,15H2,1-2H3,(H,28,30)/t23-/m1/s1. The predicted octanol–water partition coefficient (Wildman–Crippen LogP) is 4.51. The van der Waals surface area contributed by atoms with Crippen LogP contribution in [0.2, 0.25) is 5.02 Å². The van der Waals surface area contributed by atoms with Gasteiger partial charge in [0.05, 0.1) is 24.9 Å². The van der Waals surface area contributed by atoms with E-state index in [1.807, 2.05) is 30.3 Å². The maximum absolute atomic E-state index is 13.0. The SMILES string of the molecule is COc1ccc(Cl)cc1NC(=O)CN(C)C(=O)c1ccc2c(c1)C[C@H](c1ccccc1)OC2=O. The number of carbonyl (C=O) groups is 3. The zero-order valence-electron chi connectivity index (χ0n) is 18.7. The van der Waals surface area contributed by atoms with Crippen molar-refractivity contribution in [2.45, 2.75) is 12.5 Å². The maximum Gasteiger partial charge on any atom is 0.339 e. The molecule has 7 nitrogen and oxygen atoms in total. The van der Waals surface area contributed by atoms with Gasteiger partial charge < -0.3 is 19.7 Å². The van der Waals surface area contributed by atoms with Crippen molar-refractivity contribution in [1.29, 1.82) is 0 Å². The number of cyclic esters (lactones) is 1. The van der Waals surface area contributed by atoms with E-state index in [2.05, 4.69) is 5.32 Å². The summed E-state index contributed by atoms with van der Waals surface area (Å²) in [5, 5.41) is 3.16. The van der Waals surface area contributed by atoms with Crippen LogP contribution in [-0.2, 0) is 16.0 Å². The number of fused-ring (bicyclic) bond motifs is 1. The van der Waals surface area contributed by atoms with Gasteiger partial charge in [0.1, 0.15) is 11.9 Å². The Morgan fingerprint density at radius 3 is 2.62 bits per heavy atom. The molecular formula is C26H23ClN2O5. The zero-order valence-corrected chi connectivity index (χ0v) is 19.5. The number of likely N-dealkylation sites (N-methyl/N-ethyl adjacent to an activating group) is 1. The molecule has 1 heterocycles. The summed E-state index contributed by atoms with van der Waals surface area (Å²) in [6.45, 7) is -0.180. The summed E-state index contributed by atoms with van der Waals surface area (Å²) in [4.78, 5) is 39.4. The number of rotatable bonds is 6. The molecule has 0 saturated carbocycles. The molecule has 0 aliphatic carbocycles. The Labute approximate surface area is 202 Å². The Hall–Kier alpha value is -3.84. The van der Waals surface area contributed by atoms with E-state index in [1.165, 1.54) is 19.1 Å². The second-order valence-corrected chi connectivity index (χ2v) is 8.37. The van der Waals surface area contributed by atoms with Crippen LogP contribution in [0.1, 0.15) is 37.9 Å². The molecule has 0 unspecified atom stereocenters. The van der Waals surface area contributed by atoms with E-state index in [9.17, 15) is 14.4 Å². The summed E-state index contributed by atoms with van der Waals surface area (Å²) in [5.74, 6) is -0.702. The van der Waals surface area contributed by atoms with Crippen molar-refractivity contribution >= 4 is 35.1 Å². The molecule has 1 N–H and O–H groups in total. The number of nitrogens with one attached hydrogen (secondary N) is 1. The largest absolute Gasteiger partial charge is 0.495 e. The molecule has 0 saturated heterocycles. The number of esters is 1. The summed E-state index contributed by atoms with van der Waals surface area (Å²) >= 11 is 6.01. The molecule has 0 bridgehead atoms. The summed E-state index contributed by atoms with van der Waals surface area (Å²) in [6.07, 6.45) is 0.0491. The highest BCUT2D eigenvalue weighted by Crippen LogP contribution is 2.31. The second-order valence-electron chi connectivity index (χ2n) is 7.93. The number of carbonyl (C=O) groups excluding carboxylic acids is 3. The number of amides is 2. The van der Waals surface area contributed by atoms with Crippen LogP contribution >= 0.6 is 11.6 Å². The number of halogens is 1. The normalized spacial score (nSPS) is 14.6. The molecule has 1 aliphatic rings. The average molecular weight is 479 g/mol. The summed E-state index contributed by atoms with van der Waals surface area (Å²) in [7, 11) is 3.03. The van der Waals surface area contributed by atoms with Gasteiger partial charge in [0, 0.05) is 24.1 Å². The van der Waals surface area contributed by atoms with Gasteiger partial charge in [-0.15, -0.1) is 0 Å². The molecular weight excluding hydrogens is 456 g/mol. The molecule has 3 aromatic rings. The maximum atomic E-state index is 13.0. The number of anilines is 1. The molecule has 4 rings (SSSR count). The molecule has 1 aliphatic heterocycles. The molecule has 34 heavy (non-hydrogen) atoms. The molecule has 1 atom stereocenters. The molecule has 174 valence electrons. The van der Waals surface area contributed by atoms with Crippen LogP contribution in [0.3, 0.4) is 0 Å². The Kier molecular flexibility index (Phi) is 6.84. The lowest BCUT2D eigenvalue weighted by Gasteiger charge is -2.26. The highest BCUT2D eigenvalue weighted by molar-refractivity contribution is 6.31. The first-order valence-electron chi connectivity index (χ1n) is 10.6. The van der Waals surface area contributed by atoms with Gasteiger partial charge in [-0.05, 0) is 47.5 Å². The number of benzene rings is 3. The first kappa shape index (κ1) is 23.3. The summed E-state index contributed by atoms with van der Waals surface area (Å²) < 4.78 is 10.8. The van der Waals surface area contributed by atoms with E-state index in [0.29, 0.717) is 34.0 Å². The Morgan fingerprint density at radius 1 is 1.12 bits per heavy atom. The average Bonchev–Trinajstić information content (AvgIpc) is 2.83. The highest BCUT2D eigenvalue weighted by atomic mass is 35.5. The van der Waals surface area contributed by atoms with Crippen LogP contribution in [0.5, 0.6) is 5.75 Å². The van der Waals surface area contributed by atoms with Crippen LogP contribution in [-0.4, -0.2) is 43.4 Å². The fourth-order valence-electron chi connectivity index (χ4n) is 3.86. The van der Waals surface area contributed by atoms with Gasteiger partial charge >= 0.3 is 5.97 Å². The summed E-state index contributed by atoms with van der Waals surface area (Å²) in [6, 6.07) is 19.2. The predicted molar refractivity (Wildman–Crippen MR) is 128 cm³/mol. The third-order valence-corrected chi connectivity index (χ3v) is 5.80. The van der Waals surface area contributed by atoms with E-state index >= 15 is 0 Å². The Balaban J connectivity index is 1.47. The number of methoxy groups -OCH3 is 1. The zero-order chi connectivity index (χ0) is 24.2. The van der Waals surface area contributed by atoms with Gasteiger partial charge in [0.25, 0.3) is 5.91 Å². The number of hydrogen-bond acceptors (Lipinski definition) is 5. The van der Waals surface area contributed by atoms with Gasteiger partial charge in [-0.3, -0.25) is 9.59 Å². The Morgan fingerprint density at radius 2 is 1.88 bits per heavy atom. The van der Waals surface area contributed by atoms with Crippen molar-refractivity contribution in [2.75, 3.05) is 26.0 Å². The smallest absolute Gasteiger partial charge is 0.339 e. The van der Waals surface area contributed by atoms with Crippen molar-refractivity contribution < 1.29 is 23.9 Å². The van der Waals surface area contributed by atoms with Crippen molar-refractivity contribution in [3.63, 3.8) is 0 Å². The second kappa shape index (κ2) is 9.97. The van der Waals surface area contributed by atoms with E-state index in [-0.39, 0.29) is 12.5 Å². The summed E-state index contributed by atoms with van der Waals surface area (Å²) in [5.41, 5.74) is 2.87. The minimum absolute atomic E-state index is 0.180. The van der Waals surface area contributed by atoms with Gasteiger partial charge in [0.15, 0.2) is 0 Å².